The minimum atomic E-state index is -0.240. The van der Waals surface area contributed by atoms with Gasteiger partial charge in [-0.25, -0.2) is 15.4 Å². The maximum absolute atomic E-state index is 12.8. The van der Waals surface area contributed by atoms with E-state index in [1.165, 1.54) is 0 Å². The van der Waals surface area contributed by atoms with E-state index in [0.717, 1.165) is 38.8 Å². The zero-order valence-electron chi connectivity index (χ0n) is 17.7. The first kappa shape index (κ1) is 19.7. The Hall–Kier alpha value is -4.26. The lowest BCUT2D eigenvalue weighted by atomic mass is 10.1. The van der Waals surface area contributed by atoms with E-state index in [4.69, 9.17) is 14.7 Å². The van der Waals surface area contributed by atoms with Gasteiger partial charge in [-0.3, -0.25) is 4.79 Å². The van der Waals surface area contributed by atoms with Gasteiger partial charge in [0.05, 0.1) is 29.4 Å². The molecule has 0 radical (unpaired) electrons. The summed E-state index contributed by atoms with van der Waals surface area (Å²) in [7, 11) is 1.62. The van der Waals surface area contributed by atoms with Crippen LogP contribution in [0.3, 0.4) is 0 Å². The monoisotopic (exact) mass is 423 g/mol. The number of carbonyl (C=O) groups excluding carboxylic acids is 1. The first-order chi connectivity index (χ1) is 15.6. The zero-order chi connectivity index (χ0) is 22.1. The van der Waals surface area contributed by atoms with Gasteiger partial charge in [-0.1, -0.05) is 30.3 Å². The van der Waals surface area contributed by atoms with Crippen molar-refractivity contribution in [2.75, 3.05) is 7.11 Å². The summed E-state index contributed by atoms with van der Waals surface area (Å²) < 4.78 is 7.07. The lowest BCUT2D eigenvalue weighted by Gasteiger charge is -2.07. The van der Waals surface area contributed by atoms with Crippen molar-refractivity contribution < 1.29 is 9.53 Å². The van der Waals surface area contributed by atoms with Gasteiger partial charge in [0.25, 0.3) is 5.91 Å². The second-order valence-electron chi connectivity index (χ2n) is 7.45. The van der Waals surface area contributed by atoms with Gasteiger partial charge in [-0.05, 0) is 55.0 Å². The molecule has 5 rings (SSSR count). The van der Waals surface area contributed by atoms with Crippen LogP contribution in [0, 0.1) is 0 Å². The molecule has 1 amide bonds. The molecule has 7 heteroatoms. The van der Waals surface area contributed by atoms with E-state index in [1.54, 1.807) is 7.11 Å². The second kappa shape index (κ2) is 8.11. The molecule has 0 saturated heterocycles. The van der Waals surface area contributed by atoms with Gasteiger partial charge in [0.15, 0.2) is 5.65 Å². The minimum Gasteiger partial charge on any atom is -0.497 e. The van der Waals surface area contributed by atoms with Crippen LogP contribution in [0.5, 0.6) is 5.75 Å². The summed E-state index contributed by atoms with van der Waals surface area (Å²) in [5.41, 5.74) is 8.25. The summed E-state index contributed by atoms with van der Waals surface area (Å²) in [5, 5.41) is 5.23. The van der Waals surface area contributed by atoms with Crippen molar-refractivity contribution in [1.29, 1.82) is 0 Å². The quantitative estimate of drug-likeness (QED) is 0.338. The number of hydrogen-bond donors (Lipinski definition) is 1. The average Bonchev–Trinajstić information content (AvgIpc) is 3.13. The summed E-state index contributed by atoms with van der Waals surface area (Å²) in [6.45, 7) is 1.93. The summed E-state index contributed by atoms with van der Waals surface area (Å²) in [4.78, 5) is 22.4. The number of aromatic nitrogens is 3. The highest BCUT2D eigenvalue weighted by molar-refractivity contribution is 6.07. The van der Waals surface area contributed by atoms with Gasteiger partial charge in [0.2, 0.25) is 0 Å². The maximum atomic E-state index is 12.8. The van der Waals surface area contributed by atoms with Crippen LogP contribution in [0.15, 0.2) is 77.9 Å². The summed E-state index contributed by atoms with van der Waals surface area (Å²) in [6.07, 6.45) is 0. The fourth-order valence-electron chi connectivity index (χ4n) is 3.76. The van der Waals surface area contributed by atoms with E-state index in [1.807, 2.05) is 84.3 Å². The first-order valence-corrected chi connectivity index (χ1v) is 10.3. The van der Waals surface area contributed by atoms with Crippen molar-refractivity contribution in [3.05, 3.63) is 78.4 Å². The molecule has 7 nitrogen and oxygen atoms in total. The molecule has 0 spiro atoms. The highest BCUT2D eigenvalue weighted by atomic mass is 16.5. The molecule has 3 aromatic carbocycles. The van der Waals surface area contributed by atoms with Crippen LogP contribution in [-0.4, -0.2) is 33.3 Å². The zero-order valence-corrected chi connectivity index (χ0v) is 17.7. The molecule has 0 bridgehead atoms. The molecule has 0 saturated carbocycles. The van der Waals surface area contributed by atoms with E-state index in [-0.39, 0.29) is 12.5 Å². The number of methoxy groups -OCH3 is 1. The van der Waals surface area contributed by atoms with E-state index in [0.29, 0.717) is 11.4 Å². The smallest absolute Gasteiger partial charge is 0.260 e. The predicted octanol–water partition coefficient (Wildman–Crippen LogP) is 4.29. The minimum absolute atomic E-state index is 0.0798. The largest absolute Gasteiger partial charge is 0.497 e. The van der Waals surface area contributed by atoms with Crippen LogP contribution in [0.4, 0.5) is 0 Å². The predicted molar refractivity (Wildman–Crippen MR) is 126 cm³/mol. The molecule has 0 fully saturated rings. The highest BCUT2D eigenvalue weighted by Gasteiger charge is 2.16. The Morgan fingerprint density at radius 2 is 1.66 bits per heavy atom. The molecule has 0 atom stereocenters. The third-order valence-corrected chi connectivity index (χ3v) is 5.42. The average molecular weight is 423 g/mol. The highest BCUT2D eigenvalue weighted by Crippen LogP contribution is 2.28. The van der Waals surface area contributed by atoms with Gasteiger partial charge in [0, 0.05) is 5.39 Å². The number of amides is 1. The molecule has 1 N–H and O–H groups in total. The van der Waals surface area contributed by atoms with Crippen LogP contribution in [0.25, 0.3) is 33.1 Å². The number of hydrogen-bond acceptors (Lipinski definition) is 5. The van der Waals surface area contributed by atoms with E-state index >= 15 is 0 Å². The van der Waals surface area contributed by atoms with Crippen molar-refractivity contribution in [1.82, 2.24) is 20.0 Å². The van der Waals surface area contributed by atoms with Crippen LogP contribution < -0.4 is 10.2 Å². The molecule has 0 aliphatic carbocycles. The number of fused-ring (bicyclic) bond motifs is 4. The van der Waals surface area contributed by atoms with Crippen molar-refractivity contribution in [2.45, 2.75) is 13.5 Å². The molecular weight excluding hydrogens is 402 g/mol. The Labute approximate surface area is 184 Å². The van der Waals surface area contributed by atoms with Gasteiger partial charge in [0.1, 0.15) is 17.8 Å². The third-order valence-electron chi connectivity index (χ3n) is 5.42. The number of nitrogens with one attached hydrogen (secondary N) is 1. The maximum Gasteiger partial charge on any atom is 0.260 e. The molecule has 2 heterocycles. The topological polar surface area (TPSA) is 81.4 Å². The Morgan fingerprint density at radius 3 is 2.41 bits per heavy atom. The normalized spacial score (nSPS) is 11.9. The number of benzene rings is 3. The van der Waals surface area contributed by atoms with Gasteiger partial charge >= 0.3 is 0 Å². The van der Waals surface area contributed by atoms with E-state index < -0.39 is 0 Å². The Balaban J connectivity index is 1.47. The SMILES string of the molecule is COc1ccc(/C(C)=N/NC(=O)Cn2c3ccccc3c3nc4ccccc4nc32)cc1. The van der Waals surface area contributed by atoms with Crippen LogP contribution in [0.1, 0.15) is 12.5 Å². The fourth-order valence-corrected chi connectivity index (χ4v) is 3.76. The summed E-state index contributed by atoms with van der Waals surface area (Å²) in [6, 6.07) is 23.1. The van der Waals surface area contributed by atoms with Gasteiger partial charge < -0.3 is 9.30 Å². The number of rotatable bonds is 5. The number of hydrazone groups is 1. The molecule has 0 aliphatic rings. The molecule has 0 aliphatic heterocycles. The molecule has 0 unspecified atom stereocenters. The summed E-state index contributed by atoms with van der Waals surface area (Å²) in [5.74, 6) is 0.529. The van der Waals surface area contributed by atoms with Crippen LogP contribution >= 0.6 is 0 Å². The number of ether oxygens (including phenoxy) is 1. The van der Waals surface area contributed by atoms with Crippen molar-refractivity contribution in [3.63, 3.8) is 0 Å². The number of para-hydroxylation sites is 3. The number of nitrogens with zero attached hydrogens (tertiary/aromatic N) is 4. The lowest BCUT2D eigenvalue weighted by molar-refractivity contribution is -0.121. The van der Waals surface area contributed by atoms with Gasteiger partial charge in [-0.2, -0.15) is 5.10 Å². The third kappa shape index (κ3) is 3.54. The van der Waals surface area contributed by atoms with E-state index in [9.17, 15) is 4.79 Å². The Bertz CT molecular complexity index is 1490. The van der Waals surface area contributed by atoms with Crippen molar-refractivity contribution in [2.24, 2.45) is 5.10 Å². The molecular formula is C25H21N5O2. The first-order valence-electron chi connectivity index (χ1n) is 10.3. The molecule has 32 heavy (non-hydrogen) atoms. The summed E-state index contributed by atoms with van der Waals surface area (Å²) >= 11 is 0. The standard InChI is InChI=1S/C25H21N5O2/c1-16(17-11-13-18(32-2)14-12-17)28-29-23(31)15-30-22-10-6-3-7-19(22)24-25(30)27-21-9-5-4-8-20(21)26-24/h3-14H,15H2,1-2H3,(H,29,31)/b28-16+. The Kier molecular flexibility index (Phi) is 4.99. The fraction of sp³-hybridized carbons (Fsp3) is 0.120. The molecule has 158 valence electrons. The Morgan fingerprint density at radius 1 is 0.969 bits per heavy atom. The lowest BCUT2D eigenvalue weighted by Crippen LogP contribution is -2.24. The van der Waals surface area contributed by atoms with Gasteiger partial charge in [-0.15, -0.1) is 0 Å². The number of carbonyl (C=O) groups is 1. The molecule has 2 aromatic heterocycles. The molecule has 5 aromatic rings. The van der Waals surface area contributed by atoms with Crippen LogP contribution in [-0.2, 0) is 11.3 Å². The second-order valence-corrected chi connectivity index (χ2v) is 7.45. The van der Waals surface area contributed by atoms with Crippen molar-refractivity contribution >= 4 is 44.7 Å². The van der Waals surface area contributed by atoms with Crippen molar-refractivity contribution in [3.8, 4) is 5.75 Å². The van der Waals surface area contributed by atoms with E-state index in [2.05, 4.69) is 10.5 Å². The van der Waals surface area contributed by atoms with Crippen LogP contribution in [0.2, 0.25) is 0 Å².